The molecule has 4 nitrogen and oxygen atoms in total. The van der Waals surface area contributed by atoms with E-state index in [0.717, 1.165) is 23.8 Å². The monoisotopic (exact) mass is 305 g/mol. The zero-order valence-corrected chi connectivity index (χ0v) is 13.5. The first kappa shape index (κ1) is 15.4. The van der Waals surface area contributed by atoms with Crippen LogP contribution in [0.2, 0.25) is 12.1 Å². The van der Waals surface area contributed by atoms with Gasteiger partial charge < -0.3 is 9.72 Å². The molecule has 0 aliphatic heterocycles. The number of nitrogens with zero attached hydrogens (tertiary/aromatic N) is 2. The molecule has 2 aromatic rings. The van der Waals surface area contributed by atoms with Gasteiger partial charge in [-0.2, -0.15) is 4.98 Å². The number of benzene rings is 1. The number of halogens is 1. The van der Waals surface area contributed by atoms with Crippen molar-refractivity contribution in [3.8, 4) is 6.01 Å². The van der Waals surface area contributed by atoms with E-state index in [4.69, 9.17) is 4.74 Å². The van der Waals surface area contributed by atoms with Crippen molar-refractivity contribution in [1.82, 2.24) is 9.97 Å². The summed E-state index contributed by atoms with van der Waals surface area (Å²) in [6.45, 7) is 4.59. The molecule has 21 heavy (non-hydrogen) atoms. The topological polar surface area (TPSA) is 47.0 Å². The summed E-state index contributed by atoms with van der Waals surface area (Å²) in [6.07, 6.45) is 1.16. The lowest BCUT2D eigenvalue weighted by Crippen LogP contribution is -2.23. The largest absolute Gasteiger partial charge is 0.459 e. The molecule has 1 aromatic carbocycles. The highest BCUT2D eigenvalue weighted by atomic mass is 28.3. The van der Waals surface area contributed by atoms with E-state index in [2.05, 4.69) is 28.8 Å². The molecule has 0 bridgehead atoms. The summed E-state index contributed by atoms with van der Waals surface area (Å²) in [4.78, 5) is 11.2. The summed E-state index contributed by atoms with van der Waals surface area (Å²) in [6, 6.07) is 12.0. The summed E-state index contributed by atoms with van der Waals surface area (Å²) >= 11 is 0. The van der Waals surface area contributed by atoms with Gasteiger partial charge in [0, 0.05) is 0 Å². The van der Waals surface area contributed by atoms with Gasteiger partial charge >= 0.3 is 6.01 Å². The van der Waals surface area contributed by atoms with Gasteiger partial charge in [-0.05, 0) is 17.7 Å². The average molecular weight is 305 g/mol. The van der Waals surface area contributed by atoms with E-state index in [1.165, 1.54) is 0 Å². The molecule has 0 spiro atoms. The Kier molecular flexibility index (Phi) is 5.68. The molecule has 0 fully saturated rings. The van der Waals surface area contributed by atoms with E-state index in [-0.39, 0.29) is 11.8 Å². The van der Waals surface area contributed by atoms with E-state index < -0.39 is 14.8 Å². The van der Waals surface area contributed by atoms with Crippen molar-refractivity contribution >= 4 is 14.8 Å². The van der Waals surface area contributed by atoms with Crippen molar-refractivity contribution < 1.29 is 9.13 Å². The summed E-state index contributed by atoms with van der Waals surface area (Å²) in [5.74, 6) is -0.171. The van der Waals surface area contributed by atoms with Gasteiger partial charge in [0.2, 0.25) is 0 Å². The van der Waals surface area contributed by atoms with Gasteiger partial charge in [0.15, 0.2) is 11.6 Å². The standard InChI is InChI=1S/C15H20FN3OSi/c1-3-21(4-2)19-14-13(16)10-17-15(18-14)20-11-12-8-6-5-7-9-12/h5-10,21H,3-4,11H2,1-2H3,(H,17,18,19). The minimum absolute atomic E-state index is 0.197. The second-order valence-corrected chi connectivity index (χ2v) is 8.10. The maximum absolute atomic E-state index is 13.7. The number of anilines is 1. The van der Waals surface area contributed by atoms with E-state index in [0.29, 0.717) is 6.61 Å². The Morgan fingerprint density at radius 3 is 2.57 bits per heavy atom. The Labute approximate surface area is 126 Å². The maximum atomic E-state index is 13.7. The summed E-state index contributed by atoms with van der Waals surface area (Å²) in [5, 5.41) is 0. The molecular weight excluding hydrogens is 285 g/mol. The molecule has 0 unspecified atom stereocenters. The second-order valence-electron chi connectivity index (χ2n) is 4.78. The first-order valence-electron chi connectivity index (χ1n) is 7.18. The van der Waals surface area contributed by atoms with Crippen LogP contribution in [0.25, 0.3) is 0 Å². The molecule has 1 heterocycles. The molecule has 0 atom stereocenters. The lowest BCUT2D eigenvalue weighted by Gasteiger charge is -2.14. The fourth-order valence-corrected chi connectivity index (χ4v) is 3.50. The summed E-state index contributed by atoms with van der Waals surface area (Å²) < 4.78 is 19.3. The zero-order chi connectivity index (χ0) is 15.1. The lowest BCUT2D eigenvalue weighted by molar-refractivity contribution is 0.280. The van der Waals surface area contributed by atoms with E-state index in [1.54, 1.807) is 0 Å². The number of hydrogen-bond donors (Lipinski definition) is 1. The fraction of sp³-hybridized carbons (Fsp3) is 0.333. The number of hydrogen-bond acceptors (Lipinski definition) is 4. The number of ether oxygens (including phenoxy) is 1. The Balaban J connectivity index is 2.04. The number of aromatic nitrogens is 2. The van der Waals surface area contributed by atoms with Crippen LogP contribution in [0.4, 0.5) is 10.2 Å². The van der Waals surface area contributed by atoms with Gasteiger partial charge in [0.05, 0.1) is 6.20 Å². The molecule has 0 amide bonds. The van der Waals surface area contributed by atoms with Gasteiger partial charge in [-0.25, -0.2) is 9.37 Å². The summed E-state index contributed by atoms with van der Waals surface area (Å²) in [5.41, 5.74) is 1.02. The lowest BCUT2D eigenvalue weighted by atomic mass is 10.2. The molecular formula is C15H20FN3OSi. The molecule has 0 aliphatic rings. The third-order valence-electron chi connectivity index (χ3n) is 3.26. The molecule has 1 aromatic heterocycles. The number of nitrogens with one attached hydrogen (secondary N) is 1. The third kappa shape index (κ3) is 4.52. The van der Waals surface area contributed by atoms with Crippen LogP contribution < -0.4 is 9.72 Å². The SMILES string of the molecule is CC[SiH](CC)Nc1nc(OCc2ccccc2)ncc1F. The van der Waals surface area contributed by atoms with E-state index in [9.17, 15) is 4.39 Å². The highest BCUT2D eigenvalue weighted by Gasteiger charge is 2.12. The van der Waals surface area contributed by atoms with Crippen LogP contribution in [-0.4, -0.2) is 18.9 Å². The predicted molar refractivity (Wildman–Crippen MR) is 84.5 cm³/mol. The molecule has 112 valence electrons. The minimum Gasteiger partial charge on any atom is -0.459 e. The normalized spacial score (nSPS) is 10.7. The maximum Gasteiger partial charge on any atom is 0.318 e. The summed E-state index contributed by atoms with van der Waals surface area (Å²) in [7, 11) is -1.18. The minimum atomic E-state index is -1.18. The highest BCUT2D eigenvalue weighted by molar-refractivity contribution is 6.62. The predicted octanol–water partition coefficient (Wildman–Crippen LogP) is 3.37. The van der Waals surface area contributed by atoms with Gasteiger partial charge in [-0.15, -0.1) is 0 Å². The van der Waals surface area contributed by atoms with Crippen molar-refractivity contribution in [3.63, 3.8) is 0 Å². The molecule has 0 saturated heterocycles. The average Bonchev–Trinajstić information content (AvgIpc) is 2.53. The Morgan fingerprint density at radius 1 is 1.19 bits per heavy atom. The van der Waals surface area contributed by atoms with Crippen LogP contribution in [0.15, 0.2) is 36.5 Å². The Morgan fingerprint density at radius 2 is 1.90 bits per heavy atom. The second kappa shape index (κ2) is 7.73. The fourth-order valence-electron chi connectivity index (χ4n) is 1.93. The number of rotatable bonds is 7. The smallest absolute Gasteiger partial charge is 0.318 e. The Bertz CT molecular complexity index is 564. The van der Waals surface area contributed by atoms with Crippen molar-refractivity contribution in [3.05, 3.63) is 47.9 Å². The highest BCUT2D eigenvalue weighted by Crippen LogP contribution is 2.16. The molecule has 1 N–H and O–H groups in total. The Hall–Kier alpha value is -1.95. The van der Waals surface area contributed by atoms with Gasteiger partial charge in [-0.1, -0.05) is 44.2 Å². The van der Waals surface area contributed by atoms with Crippen LogP contribution in [0.3, 0.4) is 0 Å². The van der Waals surface area contributed by atoms with Crippen molar-refractivity contribution in [2.24, 2.45) is 0 Å². The molecule has 0 saturated carbocycles. The van der Waals surface area contributed by atoms with Crippen molar-refractivity contribution in [2.45, 2.75) is 32.5 Å². The van der Waals surface area contributed by atoms with Crippen LogP contribution in [0.1, 0.15) is 19.4 Å². The first-order valence-corrected chi connectivity index (χ1v) is 9.39. The molecule has 6 heteroatoms. The van der Waals surface area contributed by atoms with Crippen LogP contribution in [0.5, 0.6) is 6.01 Å². The molecule has 0 aliphatic carbocycles. The van der Waals surface area contributed by atoms with Gasteiger partial charge in [0.1, 0.15) is 15.6 Å². The van der Waals surface area contributed by atoms with Gasteiger partial charge in [0.25, 0.3) is 0 Å². The van der Waals surface area contributed by atoms with Crippen molar-refractivity contribution in [2.75, 3.05) is 4.98 Å². The van der Waals surface area contributed by atoms with Crippen LogP contribution in [0, 0.1) is 5.82 Å². The van der Waals surface area contributed by atoms with Gasteiger partial charge in [-0.3, -0.25) is 0 Å². The third-order valence-corrected chi connectivity index (χ3v) is 5.91. The zero-order valence-electron chi connectivity index (χ0n) is 12.3. The van der Waals surface area contributed by atoms with Crippen LogP contribution >= 0.6 is 0 Å². The quantitative estimate of drug-likeness (QED) is 0.797. The van der Waals surface area contributed by atoms with Crippen LogP contribution in [-0.2, 0) is 6.61 Å². The molecule has 0 radical (unpaired) electrons. The molecule has 2 rings (SSSR count). The van der Waals surface area contributed by atoms with E-state index >= 15 is 0 Å². The first-order chi connectivity index (χ1) is 10.2. The van der Waals surface area contributed by atoms with Crippen molar-refractivity contribution in [1.29, 1.82) is 0 Å². The van der Waals surface area contributed by atoms with E-state index in [1.807, 2.05) is 30.3 Å².